The first-order valence-corrected chi connectivity index (χ1v) is 9.11. The number of nitro groups is 1. The van der Waals surface area contributed by atoms with Gasteiger partial charge in [0.15, 0.2) is 0 Å². The molecule has 138 valence electrons. The van der Waals surface area contributed by atoms with Crippen molar-refractivity contribution in [3.05, 3.63) is 79.2 Å². The van der Waals surface area contributed by atoms with Crippen molar-refractivity contribution >= 4 is 33.1 Å². The number of anilines is 1. The largest absolute Gasteiger partial charge is 0.376 e. The van der Waals surface area contributed by atoms with Crippen LogP contribution >= 0.6 is 15.9 Å². The van der Waals surface area contributed by atoms with Crippen molar-refractivity contribution < 1.29 is 9.66 Å². The van der Waals surface area contributed by atoms with Crippen LogP contribution in [0, 0.1) is 10.1 Å². The van der Waals surface area contributed by atoms with Crippen LogP contribution in [-0.4, -0.2) is 34.0 Å². The van der Waals surface area contributed by atoms with Gasteiger partial charge in [-0.05, 0) is 29.8 Å². The highest BCUT2D eigenvalue weighted by Crippen LogP contribution is 2.29. The molecular formula is C18H15BrN4O4. The molecule has 1 fully saturated rings. The minimum Gasteiger partial charge on any atom is -0.370 e. The van der Waals surface area contributed by atoms with Crippen LogP contribution < -0.4 is 10.5 Å². The summed E-state index contributed by atoms with van der Waals surface area (Å²) in [6.45, 7) is 1.18. The van der Waals surface area contributed by atoms with E-state index in [-0.39, 0.29) is 11.9 Å². The summed E-state index contributed by atoms with van der Waals surface area (Å²) in [6.07, 6.45) is 1.22. The molecule has 0 N–H and O–H groups in total. The normalized spacial score (nSPS) is 17.2. The number of ether oxygens (including phenoxy) is 1. The van der Waals surface area contributed by atoms with E-state index in [1.54, 1.807) is 23.1 Å². The topological polar surface area (TPSA) is 90.0 Å². The number of hydrogen-bond donors (Lipinski definition) is 0. The van der Waals surface area contributed by atoms with E-state index in [1.807, 2.05) is 24.3 Å². The summed E-state index contributed by atoms with van der Waals surface area (Å²) in [5.41, 5.74) is 0.125. The van der Waals surface area contributed by atoms with E-state index in [2.05, 4.69) is 20.9 Å². The first-order valence-electron chi connectivity index (χ1n) is 8.32. The predicted octanol–water partition coefficient (Wildman–Crippen LogP) is 2.94. The van der Waals surface area contributed by atoms with Gasteiger partial charge in [-0.3, -0.25) is 19.3 Å². The van der Waals surface area contributed by atoms with Gasteiger partial charge in [-0.1, -0.05) is 34.1 Å². The van der Waals surface area contributed by atoms with Gasteiger partial charge in [-0.25, -0.2) is 4.98 Å². The quantitative estimate of drug-likeness (QED) is 0.468. The minimum absolute atomic E-state index is 0.0848. The maximum absolute atomic E-state index is 12.6. The van der Waals surface area contributed by atoms with Crippen molar-refractivity contribution in [1.29, 1.82) is 0 Å². The van der Waals surface area contributed by atoms with Crippen molar-refractivity contribution in [2.24, 2.45) is 0 Å². The molecule has 0 saturated carbocycles. The maximum atomic E-state index is 12.6. The summed E-state index contributed by atoms with van der Waals surface area (Å²) >= 11 is 3.40. The molecule has 3 aromatic rings. The summed E-state index contributed by atoms with van der Waals surface area (Å²) in [6, 6.07) is 12.7. The number of rotatable bonds is 3. The van der Waals surface area contributed by atoms with E-state index in [0.29, 0.717) is 25.3 Å². The molecule has 3 heterocycles. The molecule has 1 saturated heterocycles. The number of pyridine rings is 1. The number of benzene rings is 1. The van der Waals surface area contributed by atoms with Crippen molar-refractivity contribution in [1.82, 2.24) is 9.38 Å². The molecule has 4 rings (SSSR count). The molecule has 1 aliphatic rings. The first kappa shape index (κ1) is 17.6. The lowest BCUT2D eigenvalue weighted by Crippen LogP contribution is -2.40. The Bertz CT molecular complexity index is 1070. The second-order valence-corrected chi connectivity index (χ2v) is 7.05. The second kappa shape index (κ2) is 7.09. The van der Waals surface area contributed by atoms with Gasteiger partial charge in [0.05, 0.1) is 18.1 Å². The Hall–Kier alpha value is -2.78. The van der Waals surface area contributed by atoms with Gasteiger partial charge >= 0.3 is 11.2 Å². The molecule has 0 amide bonds. The van der Waals surface area contributed by atoms with Crippen LogP contribution in [0.25, 0.3) is 5.65 Å². The van der Waals surface area contributed by atoms with Crippen LogP contribution in [0.3, 0.4) is 0 Å². The number of nitrogens with zero attached hydrogens (tertiary/aromatic N) is 4. The fourth-order valence-electron chi connectivity index (χ4n) is 3.17. The molecular weight excluding hydrogens is 416 g/mol. The van der Waals surface area contributed by atoms with Crippen molar-refractivity contribution in [2.45, 2.75) is 6.10 Å². The number of halogens is 1. The van der Waals surface area contributed by atoms with Crippen molar-refractivity contribution in [2.75, 3.05) is 24.6 Å². The van der Waals surface area contributed by atoms with Gasteiger partial charge in [0, 0.05) is 17.2 Å². The van der Waals surface area contributed by atoms with E-state index in [9.17, 15) is 14.9 Å². The van der Waals surface area contributed by atoms with E-state index in [1.165, 1.54) is 10.6 Å². The summed E-state index contributed by atoms with van der Waals surface area (Å²) in [5.74, 6) is 0.0848. The van der Waals surface area contributed by atoms with Crippen molar-refractivity contribution in [3.63, 3.8) is 0 Å². The highest BCUT2D eigenvalue weighted by molar-refractivity contribution is 9.10. The Morgan fingerprint density at radius 3 is 2.74 bits per heavy atom. The van der Waals surface area contributed by atoms with Gasteiger partial charge < -0.3 is 9.64 Å². The van der Waals surface area contributed by atoms with Gasteiger partial charge in [-0.2, -0.15) is 0 Å². The molecule has 1 unspecified atom stereocenters. The number of morpholine rings is 1. The Labute approximate surface area is 162 Å². The van der Waals surface area contributed by atoms with Gasteiger partial charge in [0.25, 0.3) is 0 Å². The minimum atomic E-state index is -0.688. The molecule has 1 aliphatic heterocycles. The van der Waals surface area contributed by atoms with Crippen LogP contribution in [0.5, 0.6) is 0 Å². The van der Waals surface area contributed by atoms with Crippen LogP contribution in [0.4, 0.5) is 11.5 Å². The number of aromatic nitrogens is 2. The molecule has 0 spiro atoms. The monoisotopic (exact) mass is 430 g/mol. The summed E-state index contributed by atoms with van der Waals surface area (Å²) in [7, 11) is 0. The van der Waals surface area contributed by atoms with Crippen LogP contribution in [0.1, 0.15) is 11.7 Å². The van der Waals surface area contributed by atoms with Crippen LogP contribution in [0.15, 0.2) is 57.9 Å². The average Bonchev–Trinajstić information content (AvgIpc) is 2.68. The van der Waals surface area contributed by atoms with E-state index in [0.717, 1.165) is 10.0 Å². The maximum Gasteiger partial charge on any atom is 0.376 e. The van der Waals surface area contributed by atoms with Gasteiger partial charge in [0.2, 0.25) is 5.82 Å². The lowest BCUT2D eigenvalue weighted by atomic mass is 10.1. The standard InChI is InChI=1S/C18H15BrN4O4/c19-13-6-4-12(5-7-13)14-11-21(9-10-27-14)17-16(23(25)26)18(24)22-8-2-1-3-15(22)20-17/h1-8,14H,9-11H2. The fraction of sp³-hybridized carbons (Fsp3) is 0.222. The smallest absolute Gasteiger partial charge is 0.370 e. The van der Waals surface area contributed by atoms with Gasteiger partial charge in [-0.15, -0.1) is 0 Å². The second-order valence-electron chi connectivity index (χ2n) is 6.13. The molecule has 0 radical (unpaired) electrons. The zero-order chi connectivity index (χ0) is 19.0. The molecule has 0 aliphatic carbocycles. The zero-order valence-electron chi connectivity index (χ0n) is 14.1. The zero-order valence-corrected chi connectivity index (χ0v) is 15.7. The summed E-state index contributed by atoms with van der Waals surface area (Å²) < 4.78 is 7.98. The Kier molecular flexibility index (Phi) is 4.63. The van der Waals surface area contributed by atoms with Gasteiger partial charge in [0.1, 0.15) is 11.8 Å². The molecule has 0 bridgehead atoms. The molecule has 8 nitrogen and oxygen atoms in total. The molecule has 9 heteroatoms. The summed E-state index contributed by atoms with van der Waals surface area (Å²) in [4.78, 5) is 29.7. The molecule has 1 aromatic carbocycles. The van der Waals surface area contributed by atoms with Crippen molar-refractivity contribution in [3.8, 4) is 0 Å². The van der Waals surface area contributed by atoms with Crippen LogP contribution in [0.2, 0.25) is 0 Å². The third-order valence-corrected chi connectivity index (χ3v) is 5.01. The molecule has 1 atom stereocenters. The molecule has 2 aromatic heterocycles. The average molecular weight is 431 g/mol. The summed E-state index contributed by atoms with van der Waals surface area (Å²) in [5, 5.41) is 11.6. The van der Waals surface area contributed by atoms with E-state index < -0.39 is 16.2 Å². The van der Waals surface area contributed by atoms with E-state index >= 15 is 0 Å². The SMILES string of the molecule is O=c1c([N+](=O)[O-])c(N2CCOC(c3ccc(Br)cc3)C2)nc2ccccn12. The number of fused-ring (bicyclic) bond motifs is 1. The third-order valence-electron chi connectivity index (χ3n) is 4.48. The fourth-order valence-corrected chi connectivity index (χ4v) is 3.43. The lowest BCUT2D eigenvalue weighted by molar-refractivity contribution is -0.385. The van der Waals surface area contributed by atoms with Crippen LogP contribution in [-0.2, 0) is 4.74 Å². The number of hydrogen-bond acceptors (Lipinski definition) is 6. The Morgan fingerprint density at radius 1 is 1.22 bits per heavy atom. The Morgan fingerprint density at radius 2 is 2.00 bits per heavy atom. The third kappa shape index (κ3) is 3.31. The highest BCUT2D eigenvalue weighted by Gasteiger charge is 2.31. The molecule has 27 heavy (non-hydrogen) atoms. The Balaban J connectivity index is 1.76. The first-order chi connectivity index (χ1) is 13.0. The van der Waals surface area contributed by atoms with E-state index in [4.69, 9.17) is 4.74 Å². The predicted molar refractivity (Wildman–Crippen MR) is 103 cm³/mol. The lowest BCUT2D eigenvalue weighted by Gasteiger charge is -2.33. The highest BCUT2D eigenvalue weighted by atomic mass is 79.9.